The largest absolute Gasteiger partial charge is 0.469 e. The Labute approximate surface area is 184 Å². The standard InChI is InChI=1S/C25H22N4O3/c30-20-10-4-9-19-23(20)25(27-17-6-2-1-3-7-17)24(28-19)16-11-12-26-21(14-16)29-22(31)15-18-8-5-13-32-18/h1-3,5-8,11-14,27-28H,4,9-10,15H2,(H,26,29,31). The van der Waals surface area contributed by atoms with Gasteiger partial charge in [0.05, 0.1) is 29.6 Å². The van der Waals surface area contributed by atoms with Crippen LogP contribution >= 0.6 is 0 Å². The summed E-state index contributed by atoms with van der Waals surface area (Å²) in [5.74, 6) is 0.938. The van der Waals surface area contributed by atoms with Gasteiger partial charge in [-0.25, -0.2) is 4.98 Å². The van der Waals surface area contributed by atoms with E-state index in [4.69, 9.17) is 4.42 Å². The minimum absolute atomic E-state index is 0.130. The van der Waals surface area contributed by atoms with E-state index in [0.717, 1.165) is 46.7 Å². The van der Waals surface area contributed by atoms with Crippen molar-refractivity contribution in [3.05, 3.63) is 84.1 Å². The number of amides is 1. The molecular formula is C25H22N4O3. The molecule has 0 saturated heterocycles. The van der Waals surface area contributed by atoms with Crippen LogP contribution < -0.4 is 10.6 Å². The predicted octanol–water partition coefficient (Wildman–Crippen LogP) is 5.11. The number of carbonyl (C=O) groups is 2. The topological polar surface area (TPSA) is 100 Å². The summed E-state index contributed by atoms with van der Waals surface area (Å²) in [5, 5.41) is 6.25. The van der Waals surface area contributed by atoms with Gasteiger partial charge in [0, 0.05) is 29.6 Å². The van der Waals surface area contributed by atoms with Crippen molar-refractivity contribution in [2.24, 2.45) is 0 Å². The normalized spacial score (nSPS) is 12.9. The average molecular weight is 426 g/mol. The molecule has 0 radical (unpaired) electrons. The Bertz CT molecular complexity index is 1260. The molecule has 0 fully saturated rings. The molecule has 0 atom stereocenters. The second kappa shape index (κ2) is 8.55. The molecule has 0 unspecified atom stereocenters. The molecule has 1 aromatic carbocycles. The van der Waals surface area contributed by atoms with Gasteiger partial charge in [-0.15, -0.1) is 0 Å². The van der Waals surface area contributed by atoms with Crippen molar-refractivity contribution in [1.29, 1.82) is 0 Å². The second-order valence-corrected chi connectivity index (χ2v) is 7.73. The molecule has 4 aromatic rings. The first-order chi connectivity index (χ1) is 15.7. The molecule has 3 heterocycles. The van der Waals surface area contributed by atoms with E-state index in [2.05, 4.69) is 20.6 Å². The zero-order chi connectivity index (χ0) is 21.9. The van der Waals surface area contributed by atoms with Gasteiger partial charge in [-0.2, -0.15) is 0 Å². The number of nitrogens with zero attached hydrogens (tertiary/aromatic N) is 1. The molecule has 32 heavy (non-hydrogen) atoms. The number of H-pyrrole nitrogens is 1. The smallest absolute Gasteiger partial charge is 0.233 e. The van der Waals surface area contributed by atoms with E-state index in [0.29, 0.717) is 18.0 Å². The van der Waals surface area contributed by atoms with E-state index in [-0.39, 0.29) is 18.1 Å². The van der Waals surface area contributed by atoms with Gasteiger partial charge in [-0.3, -0.25) is 9.59 Å². The Morgan fingerprint density at radius 2 is 1.97 bits per heavy atom. The molecule has 1 aliphatic rings. The van der Waals surface area contributed by atoms with Crippen molar-refractivity contribution < 1.29 is 14.0 Å². The van der Waals surface area contributed by atoms with Crippen LogP contribution in [-0.2, 0) is 17.6 Å². The summed E-state index contributed by atoms with van der Waals surface area (Å²) >= 11 is 0. The van der Waals surface area contributed by atoms with Crippen molar-refractivity contribution in [3.63, 3.8) is 0 Å². The number of nitrogens with one attached hydrogen (secondary N) is 3. The Hall–Kier alpha value is -4.13. The van der Waals surface area contributed by atoms with Crippen molar-refractivity contribution >= 4 is 28.9 Å². The average Bonchev–Trinajstić information content (AvgIpc) is 3.43. The highest BCUT2D eigenvalue weighted by molar-refractivity contribution is 6.07. The predicted molar refractivity (Wildman–Crippen MR) is 122 cm³/mol. The Kier molecular flexibility index (Phi) is 5.29. The van der Waals surface area contributed by atoms with Gasteiger partial charge in [-0.05, 0) is 49.2 Å². The number of rotatable bonds is 6. The Morgan fingerprint density at radius 3 is 2.78 bits per heavy atom. The highest BCUT2D eigenvalue weighted by Gasteiger charge is 2.27. The molecule has 5 rings (SSSR count). The van der Waals surface area contributed by atoms with E-state index < -0.39 is 0 Å². The van der Waals surface area contributed by atoms with Crippen LogP contribution in [0.3, 0.4) is 0 Å². The lowest BCUT2D eigenvalue weighted by Gasteiger charge is -2.14. The molecule has 160 valence electrons. The molecule has 1 amide bonds. The fourth-order valence-electron chi connectivity index (χ4n) is 4.02. The lowest BCUT2D eigenvalue weighted by molar-refractivity contribution is -0.115. The van der Waals surface area contributed by atoms with Crippen LogP contribution in [0.2, 0.25) is 0 Å². The summed E-state index contributed by atoms with van der Waals surface area (Å²) in [7, 11) is 0. The third kappa shape index (κ3) is 4.05. The number of Topliss-reactive ketones (excluding diaryl/α,β-unsaturated/α-hetero) is 1. The van der Waals surface area contributed by atoms with Crippen LogP contribution in [0.25, 0.3) is 11.3 Å². The van der Waals surface area contributed by atoms with Crippen LogP contribution in [0.1, 0.15) is 34.7 Å². The zero-order valence-corrected chi connectivity index (χ0v) is 17.4. The van der Waals surface area contributed by atoms with Gasteiger partial charge < -0.3 is 20.0 Å². The summed E-state index contributed by atoms with van der Waals surface area (Å²) in [5.41, 5.74) is 4.95. The number of hydrogen-bond donors (Lipinski definition) is 3. The van der Waals surface area contributed by atoms with Crippen molar-refractivity contribution in [2.45, 2.75) is 25.7 Å². The number of fused-ring (bicyclic) bond motifs is 1. The molecule has 0 bridgehead atoms. The summed E-state index contributed by atoms with van der Waals surface area (Å²) in [6.07, 6.45) is 5.51. The Balaban J connectivity index is 1.48. The fraction of sp³-hybridized carbons (Fsp3) is 0.160. The van der Waals surface area contributed by atoms with E-state index in [1.165, 1.54) is 6.26 Å². The highest BCUT2D eigenvalue weighted by Crippen LogP contribution is 2.39. The van der Waals surface area contributed by atoms with Crippen LogP contribution in [0.15, 0.2) is 71.5 Å². The molecule has 7 nitrogen and oxygen atoms in total. The number of anilines is 3. The number of hydrogen-bond acceptors (Lipinski definition) is 5. The third-order valence-corrected chi connectivity index (χ3v) is 5.46. The number of para-hydroxylation sites is 1. The lowest BCUT2D eigenvalue weighted by atomic mass is 9.95. The van der Waals surface area contributed by atoms with Crippen LogP contribution in [0.5, 0.6) is 0 Å². The van der Waals surface area contributed by atoms with E-state index in [1.807, 2.05) is 36.4 Å². The summed E-state index contributed by atoms with van der Waals surface area (Å²) < 4.78 is 5.24. The second-order valence-electron chi connectivity index (χ2n) is 7.73. The summed E-state index contributed by atoms with van der Waals surface area (Å²) in [6, 6.07) is 16.9. The number of ketones is 1. The number of aromatic nitrogens is 2. The van der Waals surface area contributed by atoms with Gasteiger partial charge in [-0.1, -0.05) is 18.2 Å². The van der Waals surface area contributed by atoms with E-state index in [9.17, 15) is 9.59 Å². The number of carbonyl (C=O) groups excluding carboxylic acids is 2. The number of benzene rings is 1. The number of furan rings is 1. The summed E-state index contributed by atoms with van der Waals surface area (Å²) in [4.78, 5) is 32.9. The Morgan fingerprint density at radius 1 is 1.09 bits per heavy atom. The lowest BCUT2D eigenvalue weighted by Crippen LogP contribution is -2.14. The van der Waals surface area contributed by atoms with Crippen molar-refractivity contribution in [2.75, 3.05) is 10.6 Å². The molecule has 3 N–H and O–H groups in total. The highest BCUT2D eigenvalue weighted by atomic mass is 16.3. The number of pyridine rings is 1. The van der Waals surface area contributed by atoms with E-state index >= 15 is 0 Å². The first kappa shape index (κ1) is 19.8. The first-order valence-corrected chi connectivity index (χ1v) is 10.6. The quantitative estimate of drug-likeness (QED) is 0.398. The van der Waals surface area contributed by atoms with Gasteiger partial charge in [0.2, 0.25) is 5.91 Å². The van der Waals surface area contributed by atoms with Crippen LogP contribution in [0.4, 0.5) is 17.2 Å². The molecule has 3 aromatic heterocycles. The maximum atomic E-state index is 12.8. The van der Waals surface area contributed by atoms with Gasteiger partial charge in [0.15, 0.2) is 5.78 Å². The zero-order valence-electron chi connectivity index (χ0n) is 17.4. The van der Waals surface area contributed by atoms with Crippen molar-refractivity contribution in [1.82, 2.24) is 9.97 Å². The first-order valence-electron chi connectivity index (χ1n) is 10.6. The van der Waals surface area contributed by atoms with Crippen LogP contribution in [-0.4, -0.2) is 21.7 Å². The molecular weight excluding hydrogens is 404 g/mol. The summed E-state index contributed by atoms with van der Waals surface area (Å²) in [6.45, 7) is 0. The SMILES string of the molecule is O=C(Cc1ccco1)Nc1cc(-c2[nH]c3c(c2Nc2ccccc2)C(=O)CCC3)ccn1. The maximum absolute atomic E-state index is 12.8. The van der Waals surface area contributed by atoms with Crippen molar-refractivity contribution in [3.8, 4) is 11.3 Å². The van der Waals surface area contributed by atoms with Gasteiger partial charge in [0.25, 0.3) is 0 Å². The maximum Gasteiger partial charge on any atom is 0.233 e. The van der Waals surface area contributed by atoms with Crippen LogP contribution in [0, 0.1) is 0 Å². The molecule has 0 spiro atoms. The molecule has 0 aliphatic heterocycles. The monoisotopic (exact) mass is 426 g/mol. The third-order valence-electron chi connectivity index (χ3n) is 5.46. The minimum Gasteiger partial charge on any atom is -0.469 e. The fourth-order valence-corrected chi connectivity index (χ4v) is 4.02. The van der Waals surface area contributed by atoms with Gasteiger partial charge in [0.1, 0.15) is 11.6 Å². The van der Waals surface area contributed by atoms with E-state index in [1.54, 1.807) is 24.4 Å². The molecule has 0 saturated carbocycles. The minimum atomic E-state index is -0.215. The molecule has 1 aliphatic carbocycles. The number of aromatic amines is 1. The molecule has 7 heteroatoms. The van der Waals surface area contributed by atoms with Gasteiger partial charge >= 0.3 is 0 Å². The number of aryl methyl sites for hydroxylation is 1.